The number of likely N-dealkylation sites (tertiary alicyclic amines) is 1. The fraction of sp³-hybridized carbons (Fsp3) is 0.417. The molecule has 5 nitrogen and oxygen atoms in total. The SMILES string of the molecule is Cc1cc(F)c(C(=O)N2CCC3(CC2)O[C@@H]2CC[C@@H](c4cc(F)cc(F)c4)N2C3=O)c(F)c1. The predicted octanol–water partition coefficient (Wildman–Crippen LogP) is 4.25. The summed E-state index contributed by atoms with van der Waals surface area (Å²) in [5.74, 6) is -4.30. The third-order valence-electron chi connectivity index (χ3n) is 6.85. The van der Waals surface area contributed by atoms with Gasteiger partial charge in [0.05, 0.1) is 6.04 Å². The highest BCUT2D eigenvalue weighted by molar-refractivity contribution is 5.95. The number of amides is 2. The van der Waals surface area contributed by atoms with Crippen molar-refractivity contribution in [2.24, 2.45) is 0 Å². The number of carbonyl (C=O) groups excluding carboxylic acids is 2. The molecular formula is C24H22F4N2O3. The van der Waals surface area contributed by atoms with Crippen LogP contribution in [0.4, 0.5) is 17.6 Å². The standard InChI is InChI=1S/C24H22F4N2O3/c1-13-8-17(27)21(18(28)9-13)22(31)29-6-4-24(5-7-29)23(32)30-19(2-3-20(30)33-24)14-10-15(25)12-16(26)11-14/h8-12,19-20H,2-7H2,1H3/t19-,20+/m0/s1. The Hall–Kier alpha value is -2.94. The van der Waals surface area contributed by atoms with Crippen LogP contribution in [0.5, 0.6) is 0 Å². The number of halogens is 4. The normalized spacial score (nSPS) is 24.0. The molecule has 2 aromatic rings. The molecule has 0 N–H and O–H groups in total. The van der Waals surface area contributed by atoms with Gasteiger partial charge in [0.2, 0.25) is 0 Å². The van der Waals surface area contributed by atoms with E-state index in [1.807, 2.05) is 0 Å². The summed E-state index contributed by atoms with van der Waals surface area (Å²) < 4.78 is 62.2. The smallest absolute Gasteiger partial charge is 0.259 e. The summed E-state index contributed by atoms with van der Waals surface area (Å²) in [4.78, 5) is 29.0. The van der Waals surface area contributed by atoms with Crippen LogP contribution in [0.2, 0.25) is 0 Å². The van der Waals surface area contributed by atoms with Crippen molar-refractivity contribution in [2.75, 3.05) is 13.1 Å². The molecule has 2 amide bonds. The molecule has 3 aliphatic heterocycles. The zero-order valence-electron chi connectivity index (χ0n) is 17.9. The van der Waals surface area contributed by atoms with Gasteiger partial charge in [0.1, 0.15) is 35.1 Å². The second-order valence-corrected chi connectivity index (χ2v) is 8.97. The molecule has 33 heavy (non-hydrogen) atoms. The predicted molar refractivity (Wildman–Crippen MR) is 109 cm³/mol. The number of aryl methyl sites for hydroxylation is 1. The number of ether oxygens (including phenoxy) is 1. The number of piperidine rings is 1. The lowest BCUT2D eigenvalue weighted by Gasteiger charge is -2.37. The number of nitrogens with zero attached hydrogens (tertiary/aromatic N) is 2. The highest BCUT2D eigenvalue weighted by Gasteiger charge is 2.58. The molecule has 2 atom stereocenters. The molecule has 0 bridgehead atoms. The summed E-state index contributed by atoms with van der Waals surface area (Å²) in [6, 6.07) is 4.94. The minimum Gasteiger partial charge on any atom is -0.342 e. The van der Waals surface area contributed by atoms with E-state index in [9.17, 15) is 27.2 Å². The van der Waals surface area contributed by atoms with Crippen molar-refractivity contribution in [3.63, 3.8) is 0 Å². The average Bonchev–Trinajstić information content (AvgIpc) is 3.25. The third-order valence-corrected chi connectivity index (χ3v) is 6.85. The van der Waals surface area contributed by atoms with E-state index >= 15 is 0 Å². The molecule has 5 rings (SSSR count). The monoisotopic (exact) mass is 462 g/mol. The van der Waals surface area contributed by atoms with Gasteiger partial charge in [0, 0.05) is 32.0 Å². The fourth-order valence-electron chi connectivity index (χ4n) is 5.27. The van der Waals surface area contributed by atoms with E-state index < -0.39 is 52.6 Å². The highest BCUT2D eigenvalue weighted by Crippen LogP contribution is 2.47. The quantitative estimate of drug-likeness (QED) is 0.628. The summed E-state index contributed by atoms with van der Waals surface area (Å²) >= 11 is 0. The van der Waals surface area contributed by atoms with Crippen molar-refractivity contribution in [1.29, 1.82) is 0 Å². The first-order valence-corrected chi connectivity index (χ1v) is 10.9. The fourth-order valence-corrected chi connectivity index (χ4v) is 5.27. The molecule has 0 radical (unpaired) electrons. The Morgan fingerprint density at radius 3 is 2.18 bits per heavy atom. The van der Waals surface area contributed by atoms with Crippen LogP contribution in [0, 0.1) is 30.2 Å². The Morgan fingerprint density at radius 1 is 0.970 bits per heavy atom. The number of fused-ring (bicyclic) bond motifs is 1. The molecule has 3 fully saturated rings. The summed E-state index contributed by atoms with van der Waals surface area (Å²) in [5.41, 5.74) is -1.01. The molecule has 1 spiro atoms. The van der Waals surface area contributed by atoms with Crippen LogP contribution in [0.15, 0.2) is 30.3 Å². The maximum Gasteiger partial charge on any atom is 0.259 e. The van der Waals surface area contributed by atoms with Crippen LogP contribution in [-0.4, -0.2) is 46.5 Å². The number of rotatable bonds is 2. The van der Waals surface area contributed by atoms with Gasteiger partial charge in [-0.2, -0.15) is 0 Å². The molecule has 3 aliphatic rings. The van der Waals surface area contributed by atoms with Crippen LogP contribution in [0.3, 0.4) is 0 Å². The zero-order valence-corrected chi connectivity index (χ0v) is 17.9. The summed E-state index contributed by atoms with van der Waals surface area (Å²) in [7, 11) is 0. The molecule has 9 heteroatoms. The first-order chi connectivity index (χ1) is 15.7. The van der Waals surface area contributed by atoms with Crippen LogP contribution in [0.1, 0.15) is 53.2 Å². The molecular weight excluding hydrogens is 440 g/mol. The number of hydrogen-bond acceptors (Lipinski definition) is 3. The van der Waals surface area contributed by atoms with Crippen molar-refractivity contribution in [2.45, 2.75) is 50.5 Å². The van der Waals surface area contributed by atoms with Crippen LogP contribution in [-0.2, 0) is 9.53 Å². The topological polar surface area (TPSA) is 49.9 Å². The number of hydrogen-bond donors (Lipinski definition) is 0. The third kappa shape index (κ3) is 3.58. The lowest BCUT2D eigenvalue weighted by Crippen LogP contribution is -2.51. The Morgan fingerprint density at radius 2 is 1.58 bits per heavy atom. The van der Waals surface area contributed by atoms with E-state index in [0.717, 1.165) is 18.2 Å². The lowest BCUT2D eigenvalue weighted by molar-refractivity contribution is -0.142. The van der Waals surface area contributed by atoms with Gasteiger partial charge in [-0.1, -0.05) is 0 Å². The number of carbonyl (C=O) groups is 2. The Labute approximate surface area is 187 Å². The van der Waals surface area contributed by atoms with Crippen molar-refractivity contribution in [1.82, 2.24) is 9.80 Å². The zero-order chi connectivity index (χ0) is 23.5. The van der Waals surface area contributed by atoms with E-state index in [4.69, 9.17) is 4.74 Å². The van der Waals surface area contributed by atoms with Crippen LogP contribution in [0.25, 0.3) is 0 Å². The van der Waals surface area contributed by atoms with Gasteiger partial charge < -0.3 is 14.5 Å². The first-order valence-electron chi connectivity index (χ1n) is 10.9. The van der Waals surface area contributed by atoms with Crippen molar-refractivity contribution < 1.29 is 31.9 Å². The van der Waals surface area contributed by atoms with Crippen molar-refractivity contribution in [3.05, 3.63) is 70.3 Å². The van der Waals surface area contributed by atoms with E-state index in [1.165, 1.54) is 24.0 Å². The second kappa shape index (κ2) is 7.83. The molecule has 174 valence electrons. The minimum absolute atomic E-state index is 0.0944. The maximum absolute atomic E-state index is 14.3. The molecule has 0 unspecified atom stereocenters. The van der Waals surface area contributed by atoms with Gasteiger partial charge >= 0.3 is 0 Å². The van der Waals surface area contributed by atoms with Gasteiger partial charge in [-0.25, -0.2) is 17.6 Å². The molecule has 0 saturated carbocycles. The highest BCUT2D eigenvalue weighted by atomic mass is 19.1. The molecule has 0 aliphatic carbocycles. The van der Waals surface area contributed by atoms with Gasteiger partial charge in [-0.05, 0) is 55.2 Å². The van der Waals surface area contributed by atoms with Gasteiger partial charge in [-0.3, -0.25) is 9.59 Å². The van der Waals surface area contributed by atoms with Gasteiger partial charge in [0.25, 0.3) is 11.8 Å². The van der Waals surface area contributed by atoms with Crippen LogP contribution >= 0.6 is 0 Å². The molecule has 0 aromatic heterocycles. The first kappa shape index (κ1) is 21.9. The van der Waals surface area contributed by atoms with Gasteiger partial charge in [0.15, 0.2) is 5.60 Å². The van der Waals surface area contributed by atoms with Crippen LogP contribution < -0.4 is 0 Å². The second-order valence-electron chi connectivity index (χ2n) is 8.97. The summed E-state index contributed by atoms with van der Waals surface area (Å²) in [6.07, 6.45) is 0.876. The largest absolute Gasteiger partial charge is 0.342 e. The van der Waals surface area contributed by atoms with E-state index in [-0.39, 0.29) is 31.8 Å². The molecule has 3 saturated heterocycles. The van der Waals surface area contributed by atoms with E-state index in [0.29, 0.717) is 24.0 Å². The van der Waals surface area contributed by atoms with E-state index in [1.54, 1.807) is 4.90 Å². The Kier molecular flexibility index (Phi) is 5.19. The summed E-state index contributed by atoms with van der Waals surface area (Å²) in [6.45, 7) is 1.72. The summed E-state index contributed by atoms with van der Waals surface area (Å²) in [5, 5.41) is 0. The van der Waals surface area contributed by atoms with Crippen molar-refractivity contribution in [3.8, 4) is 0 Å². The lowest BCUT2D eigenvalue weighted by atomic mass is 9.89. The molecule has 2 aromatic carbocycles. The minimum atomic E-state index is -1.16. The number of benzene rings is 2. The Balaban J connectivity index is 1.33. The van der Waals surface area contributed by atoms with E-state index in [2.05, 4.69) is 0 Å². The Bertz CT molecular complexity index is 1100. The van der Waals surface area contributed by atoms with Gasteiger partial charge in [-0.15, -0.1) is 0 Å². The van der Waals surface area contributed by atoms with Crippen molar-refractivity contribution >= 4 is 11.8 Å². The average molecular weight is 462 g/mol. The molecule has 3 heterocycles. The maximum atomic E-state index is 14.3.